The van der Waals surface area contributed by atoms with Crippen molar-refractivity contribution in [2.24, 2.45) is 4.99 Å². The van der Waals surface area contributed by atoms with Crippen molar-refractivity contribution >= 4 is 58.0 Å². The van der Waals surface area contributed by atoms with Crippen LogP contribution in [0.2, 0.25) is 0 Å². The molecular weight excluding hydrogens is 313 g/mol. The minimum Gasteiger partial charge on any atom is -0.337 e. The topological polar surface area (TPSA) is 36.4 Å². The van der Waals surface area contributed by atoms with E-state index in [0.717, 1.165) is 11.1 Å². The van der Waals surface area contributed by atoms with Gasteiger partial charge in [-0.2, -0.15) is 0 Å². The second-order valence-electron chi connectivity index (χ2n) is 3.89. The van der Waals surface area contributed by atoms with Gasteiger partial charge in [-0.05, 0) is 19.1 Å². The average molecular weight is 323 g/mol. The molecule has 1 aliphatic heterocycles. The lowest BCUT2D eigenvalue weighted by molar-refractivity contribution is 0.633. The molecule has 0 radical (unpaired) electrons. The first kappa shape index (κ1) is 13.9. The molecule has 0 aromatic heterocycles. The molecule has 1 atom stereocenters. The fourth-order valence-corrected chi connectivity index (χ4v) is 1.99. The molecule has 0 amide bonds. The number of nitrogens with one attached hydrogen (secondary N) is 2. The standard InChI is InChI=1S/C11H10Cl3N3S/c1-6-2-4-7(5-3-6)8-15-9(11(12,13)14)17-10(18)16-8/h2-5,9H,1H3,(H2,15,16,17,18)/t9-/m0/s1. The molecule has 3 nitrogen and oxygen atoms in total. The third kappa shape index (κ3) is 3.26. The molecule has 0 spiro atoms. The van der Waals surface area contributed by atoms with E-state index in [1.807, 2.05) is 31.2 Å². The smallest absolute Gasteiger partial charge is 0.230 e. The fourth-order valence-electron chi connectivity index (χ4n) is 1.47. The summed E-state index contributed by atoms with van der Waals surface area (Å²) in [7, 11) is 0. The first-order valence-corrected chi connectivity index (χ1v) is 6.69. The fraction of sp³-hybridized carbons (Fsp3) is 0.273. The molecule has 7 heteroatoms. The number of rotatable bonds is 1. The minimum absolute atomic E-state index is 0.386. The number of hydrogen-bond donors (Lipinski definition) is 2. The zero-order valence-corrected chi connectivity index (χ0v) is 12.5. The summed E-state index contributed by atoms with van der Waals surface area (Å²) in [6.45, 7) is 2.01. The van der Waals surface area contributed by atoms with E-state index in [9.17, 15) is 0 Å². The number of nitrogens with zero attached hydrogens (tertiary/aromatic N) is 1. The Morgan fingerprint density at radius 1 is 1.22 bits per heavy atom. The highest BCUT2D eigenvalue weighted by atomic mass is 35.6. The Hall–Kier alpha value is -0.550. The lowest BCUT2D eigenvalue weighted by Gasteiger charge is -2.29. The molecule has 2 N–H and O–H groups in total. The molecule has 1 aromatic carbocycles. The van der Waals surface area contributed by atoms with E-state index < -0.39 is 9.96 Å². The molecule has 0 aliphatic carbocycles. The normalized spacial score (nSPS) is 19.9. The van der Waals surface area contributed by atoms with Gasteiger partial charge >= 0.3 is 0 Å². The lowest BCUT2D eigenvalue weighted by Crippen LogP contribution is -2.54. The van der Waals surface area contributed by atoms with Crippen LogP contribution in [-0.4, -0.2) is 20.9 Å². The number of alkyl halides is 3. The molecule has 96 valence electrons. The number of aliphatic imine (C=N–C) groups is 1. The maximum absolute atomic E-state index is 5.83. The zero-order valence-electron chi connectivity index (χ0n) is 9.38. The highest BCUT2D eigenvalue weighted by molar-refractivity contribution is 7.80. The predicted molar refractivity (Wildman–Crippen MR) is 80.7 cm³/mol. The van der Waals surface area contributed by atoms with Crippen LogP contribution >= 0.6 is 47.0 Å². The SMILES string of the molecule is Cc1ccc(C2=N[C@H](C(Cl)(Cl)Cl)NC(=S)N2)cc1. The van der Waals surface area contributed by atoms with E-state index in [-0.39, 0.29) is 0 Å². The largest absolute Gasteiger partial charge is 0.337 e. The summed E-state index contributed by atoms with van der Waals surface area (Å²) >= 11 is 22.6. The molecule has 1 heterocycles. The van der Waals surface area contributed by atoms with Crippen LogP contribution in [0.4, 0.5) is 0 Å². The van der Waals surface area contributed by atoms with Crippen molar-refractivity contribution in [1.82, 2.24) is 10.6 Å². The summed E-state index contributed by atoms with van der Waals surface area (Å²) in [6.07, 6.45) is -0.701. The molecule has 0 saturated heterocycles. The van der Waals surface area contributed by atoms with E-state index in [2.05, 4.69) is 15.6 Å². The van der Waals surface area contributed by atoms with Crippen LogP contribution in [0, 0.1) is 6.92 Å². The van der Waals surface area contributed by atoms with Gasteiger partial charge in [-0.1, -0.05) is 64.6 Å². The van der Waals surface area contributed by atoms with Crippen molar-refractivity contribution in [3.05, 3.63) is 35.4 Å². The van der Waals surface area contributed by atoms with Gasteiger partial charge in [-0.25, -0.2) is 4.99 Å². The van der Waals surface area contributed by atoms with Gasteiger partial charge < -0.3 is 10.6 Å². The summed E-state index contributed by atoms with van der Waals surface area (Å²) in [4.78, 5) is 4.31. The highest BCUT2D eigenvalue weighted by Crippen LogP contribution is 2.31. The van der Waals surface area contributed by atoms with Gasteiger partial charge in [0.1, 0.15) is 5.84 Å². The number of aryl methyl sites for hydroxylation is 1. The van der Waals surface area contributed by atoms with Crippen LogP contribution in [0.25, 0.3) is 0 Å². The van der Waals surface area contributed by atoms with Crippen molar-refractivity contribution in [2.45, 2.75) is 16.9 Å². The Labute approximate surface area is 126 Å². The third-order valence-corrected chi connectivity index (χ3v) is 3.23. The van der Waals surface area contributed by atoms with Crippen molar-refractivity contribution in [3.63, 3.8) is 0 Å². The highest BCUT2D eigenvalue weighted by Gasteiger charge is 2.35. The van der Waals surface area contributed by atoms with Crippen molar-refractivity contribution < 1.29 is 0 Å². The van der Waals surface area contributed by atoms with E-state index in [4.69, 9.17) is 47.0 Å². The first-order valence-electron chi connectivity index (χ1n) is 5.15. The summed E-state index contributed by atoms with van der Waals surface area (Å²) in [5, 5.41) is 6.14. The van der Waals surface area contributed by atoms with Crippen molar-refractivity contribution in [3.8, 4) is 0 Å². The Morgan fingerprint density at radius 2 is 1.83 bits per heavy atom. The third-order valence-electron chi connectivity index (χ3n) is 2.39. The van der Waals surface area contributed by atoms with E-state index >= 15 is 0 Å². The molecule has 18 heavy (non-hydrogen) atoms. The Morgan fingerprint density at radius 3 is 2.39 bits per heavy atom. The van der Waals surface area contributed by atoms with Gasteiger partial charge in [0.15, 0.2) is 11.3 Å². The van der Waals surface area contributed by atoms with Gasteiger partial charge in [0, 0.05) is 5.56 Å². The van der Waals surface area contributed by atoms with E-state index in [1.54, 1.807) is 0 Å². The molecule has 1 aliphatic rings. The molecule has 1 aromatic rings. The number of benzene rings is 1. The second kappa shape index (κ2) is 5.21. The molecule has 0 unspecified atom stereocenters. The van der Waals surface area contributed by atoms with Gasteiger partial charge in [0.05, 0.1) is 0 Å². The summed E-state index contributed by atoms with van der Waals surface area (Å²) in [5.41, 5.74) is 2.05. The maximum atomic E-state index is 5.83. The quantitative estimate of drug-likeness (QED) is 0.616. The average Bonchev–Trinajstić information content (AvgIpc) is 2.28. The van der Waals surface area contributed by atoms with Crippen LogP contribution < -0.4 is 10.6 Å². The van der Waals surface area contributed by atoms with Crippen LogP contribution in [0.3, 0.4) is 0 Å². The van der Waals surface area contributed by atoms with Gasteiger partial charge in [0.25, 0.3) is 0 Å². The van der Waals surface area contributed by atoms with Crippen LogP contribution in [0.1, 0.15) is 11.1 Å². The number of amidine groups is 1. The first-order chi connectivity index (χ1) is 8.36. The number of halogens is 3. The summed E-state index contributed by atoms with van der Waals surface area (Å²) in [5.74, 6) is 0.593. The lowest BCUT2D eigenvalue weighted by atomic mass is 10.1. The maximum Gasteiger partial charge on any atom is 0.230 e. The summed E-state index contributed by atoms with van der Waals surface area (Å²) in [6, 6.07) is 7.83. The van der Waals surface area contributed by atoms with Crippen LogP contribution in [0.5, 0.6) is 0 Å². The molecule has 0 bridgehead atoms. The number of thiocarbonyl (C=S) groups is 1. The second-order valence-corrected chi connectivity index (χ2v) is 6.66. The predicted octanol–water partition coefficient (Wildman–Crippen LogP) is 2.92. The molecular formula is C11H10Cl3N3S. The van der Waals surface area contributed by atoms with Crippen LogP contribution in [-0.2, 0) is 0 Å². The zero-order chi connectivity index (χ0) is 13.3. The Kier molecular flexibility index (Phi) is 4.02. The summed E-state index contributed by atoms with van der Waals surface area (Å²) < 4.78 is -1.55. The Balaban J connectivity index is 2.34. The molecule has 0 saturated carbocycles. The molecule has 2 rings (SSSR count). The van der Waals surface area contributed by atoms with Crippen molar-refractivity contribution in [2.75, 3.05) is 0 Å². The minimum atomic E-state index is -1.55. The van der Waals surface area contributed by atoms with Crippen molar-refractivity contribution in [1.29, 1.82) is 0 Å². The Bertz CT molecular complexity index is 493. The number of hydrogen-bond acceptors (Lipinski definition) is 2. The van der Waals surface area contributed by atoms with Gasteiger partial charge in [-0.3, -0.25) is 0 Å². The monoisotopic (exact) mass is 321 g/mol. The van der Waals surface area contributed by atoms with Gasteiger partial charge in [-0.15, -0.1) is 0 Å². The van der Waals surface area contributed by atoms with Gasteiger partial charge in [0.2, 0.25) is 3.79 Å². The van der Waals surface area contributed by atoms with E-state index in [0.29, 0.717) is 10.9 Å². The van der Waals surface area contributed by atoms with Crippen LogP contribution in [0.15, 0.2) is 29.3 Å². The molecule has 0 fully saturated rings. The van der Waals surface area contributed by atoms with E-state index in [1.165, 1.54) is 0 Å².